The van der Waals surface area contributed by atoms with E-state index in [4.69, 9.17) is 0 Å². The van der Waals surface area contributed by atoms with E-state index in [1.807, 2.05) is 36.4 Å². The molecule has 25 heavy (non-hydrogen) atoms. The Balaban J connectivity index is 1.68. The van der Waals surface area contributed by atoms with Gasteiger partial charge in [0.15, 0.2) is 0 Å². The van der Waals surface area contributed by atoms with Gasteiger partial charge >= 0.3 is 0 Å². The molecule has 0 saturated heterocycles. The van der Waals surface area contributed by atoms with Crippen LogP contribution in [0.15, 0.2) is 58.1 Å². The Kier molecular flexibility index (Phi) is 5.09. The Morgan fingerprint density at radius 2 is 1.88 bits per heavy atom. The number of hydrazone groups is 1. The van der Waals surface area contributed by atoms with Gasteiger partial charge in [-0.25, -0.2) is 5.43 Å². The van der Waals surface area contributed by atoms with E-state index in [-0.39, 0.29) is 5.91 Å². The van der Waals surface area contributed by atoms with Crippen molar-refractivity contribution in [1.29, 1.82) is 0 Å². The molecular formula is C19H17BrN4O. The number of nitrogens with one attached hydrogen (secondary N) is 2. The van der Waals surface area contributed by atoms with E-state index in [1.54, 1.807) is 12.3 Å². The van der Waals surface area contributed by atoms with Gasteiger partial charge in [0, 0.05) is 10.0 Å². The molecule has 1 heterocycles. The van der Waals surface area contributed by atoms with E-state index in [1.165, 1.54) is 11.1 Å². The van der Waals surface area contributed by atoms with E-state index in [0.29, 0.717) is 5.69 Å². The number of halogens is 1. The van der Waals surface area contributed by atoms with Crippen LogP contribution in [0.4, 0.5) is 0 Å². The highest BCUT2D eigenvalue weighted by Gasteiger charge is 2.10. The zero-order valence-corrected chi connectivity index (χ0v) is 15.5. The minimum absolute atomic E-state index is 0.337. The minimum Gasteiger partial charge on any atom is -0.272 e. The highest BCUT2D eigenvalue weighted by molar-refractivity contribution is 9.10. The Hall–Kier alpha value is -2.73. The predicted molar refractivity (Wildman–Crippen MR) is 103 cm³/mol. The first-order valence-electron chi connectivity index (χ1n) is 7.75. The summed E-state index contributed by atoms with van der Waals surface area (Å²) >= 11 is 3.37. The first-order chi connectivity index (χ1) is 12.0. The third-order valence-electron chi connectivity index (χ3n) is 3.87. The van der Waals surface area contributed by atoms with Gasteiger partial charge in [0.05, 0.1) is 11.9 Å². The summed E-state index contributed by atoms with van der Waals surface area (Å²) in [6, 6.07) is 15.4. The highest BCUT2D eigenvalue weighted by atomic mass is 79.9. The number of aromatic nitrogens is 2. The zero-order valence-electron chi connectivity index (χ0n) is 13.9. The number of rotatable bonds is 4. The SMILES string of the molecule is Cc1ccc(-c2cc(C(=O)NN=Cc3ccc(Br)cc3)[nH]n2)cc1C. The third-order valence-corrected chi connectivity index (χ3v) is 4.40. The van der Waals surface area contributed by atoms with Crippen molar-refractivity contribution in [2.24, 2.45) is 5.10 Å². The van der Waals surface area contributed by atoms with Crippen molar-refractivity contribution in [3.8, 4) is 11.3 Å². The second-order valence-electron chi connectivity index (χ2n) is 5.72. The predicted octanol–water partition coefficient (Wildman–Crippen LogP) is 4.22. The maximum Gasteiger partial charge on any atom is 0.289 e. The summed E-state index contributed by atoms with van der Waals surface area (Å²) < 4.78 is 0.991. The molecule has 126 valence electrons. The van der Waals surface area contributed by atoms with Gasteiger partial charge in [0.1, 0.15) is 5.69 Å². The van der Waals surface area contributed by atoms with Crippen LogP contribution < -0.4 is 5.43 Å². The number of carbonyl (C=O) groups is 1. The average molecular weight is 397 g/mol. The van der Waals surface area contributed by atoms with Crippen LogP contribution in [-0.4, -0.2) is 22.3 Å². The molecule has 2 N–H and O–H groups in total. The number of benzene rings is 2. The number of H-pyrrole nitrogens is 1. The normalized spacial score (nSPS) is 11.0. The number of aryl methyl sites for hydroxylation is 2. The summed E-state index contributed by atoms with van der Waals surface area (Å²) in [5.41, 5.74) is 7.85. The Bertz CT molecular complexity index is 929. The van der Waals surface area contributed by atoms with Crippen molar-refractivity contribution in [1.82, 2.24) is 15.6 Å². The topological polar surface area (TPSA) is 70.1 Å². The Morgan fingerprint density at radius 1 is 1.12 bits per heavy atom. The Morgan fingerprint density at radius 3 is 2.60 bits per heavy atom. The Labute approximate surface area is 154 Å². The van der Waals surface area contributed by atoms with Gasteiger partial charge < -0.3 is 0 Å². The molecule has 1 amide bonds. The van der Waals surface area contributed by atoms with Crippen LogP contribution in [0, 0.1) is 13.8 Å². The fraction of sp³-hybridized carbons (Fsp3) is 0.105. The summed E-state index contributed by atoms with van der Waals surface area (Å²) in [7, 11) is 0. The summed E-state index contributed by atoms with van der Waals surface area (Å²) in [6.45, 7) is 4.11. The van der Waals surface area contributed by atoms with Crippen molar-refractivity contribution in [2.45, 2.75) is 13.8 Å². The summed E-state index contributed by atoms with van der Waals surface area (Å²) in [6.07, 6.45) is 1.59. The van der Waals surface area contributed by atoms with Crippen molar-refractivity contribution in [3.63, 3.8) is 0 Å². The minimum atomic E-state index is -0.337. The molecule has 0 radical (unpaired) electrons. The lowest BCUT2D eigenvalue weighted by Crippen LogP contribution is -2.17. The maximum atomic E-state index is 12.2. The molecule has 0 aliphatic rings. The molecule has 0 fully saturated rings. The molecule has 0 spiro atoms. The van der Waals surface area contributed by atoms with Gasteiger partial charge in [-0.15, -0.1) is 0 Å². The molecule has 0 atom stereocenters. The molecular weight excluding hydrogens is 380 g/mol. The number of amides is 1. The first-order valence-corrected chi connectivity index (χ1v) is 8.54. The molecule has 0 unspecified atom stereocenters. The standard InChI is InChI=1S/C19H17BrN4O/c1-12-3-6-15(9-13(12)2)17-10-18(23-22-17)19(25)24-21-11-14-4-7-16(20)8-5-14/h3-11H,1-2H3,(H,22,23)(H,24,25). The molecule has 0 aliphatic heterocycles. The van der Waals surface area contributed by atoms with Crippen LogP contribution in [0.2, 0.25) is 0 Å². The van der Waals surface area contributed by atoms with Crippen molar-refractivity contribution >= 4 is 28.1 Å². The van der Waals surface area contributed by atoms with Crippen molar-refractivity contribution in [2.75, 3.05) is 0 Å². The average Bonchev–Trinajstić information content (AvgIpc) is 3.09. The summed E-state index contributed by atoms with van der Waals surface area (Å²) in [5.74, 6) is -0.337. The summed E-state index contributed by atoms with van der Waals surface area (Å²) in [5, 5.41) is 10.9. The van der Waals surface area contributed by atoms with Crippen LogP contribution in [0.3, 0.4) is 0 Å². The molecule has 3 rings (SSSR count). The number of hydrogen-bond acceptors (Lipinski definition) is 3. The van der Waals surface area contributed by atoms with E-state index in [0.717, 1.165) is 21.3 Å². The lowest BCUT2D eigenvalue weighted by molar-refractivity contribution is 0.0950. The molecule has 0 aliphatic carbocycles. The fourth-order valence-corrected chi connectivity index (χ4v) is 2.53. The van der Waals surface area contributed by atoms with Crippen LogP contribution in [0.1, 0.15) is 27.2 Å². The van der Waals surface area contributed by atoms with Crippen molar-refractivity contribution in [3.05, 3.63) is 75.4 Å². The second kappa shape index (κ2) is 7.44. The molecule has 1 aromatic heterocycles. The lowest BCUT2D eigenvalue weighted by Gasteiger charge is -2.01. The largest absolute Gasteiger partial charge is 0.289 e. The van der Waals surface area contributed by atoms with E-state index in [9.17, 15) is 4.79 Å². The number of aromatic amines is 1. The molecule has 5 nitrogen and oxygen atoms in total. The second-order valence-corrected chi connectivity index (χ2v) is 6.63. The smallest absolute Gasteiger partial charge is 0.272 e. The monoisotopic (exact) mass is 396 g/mol. The van der Waals surface area contributed by atoms with Crippen LogP contribution in [0.5, 0.6) is 0 Å². The molecule has 2 aromatic carbocycles. The van der Waals surface area contributed by atoms with Gasteiger partial charge in [-0.3, -0.25) is 9.89 Å². The molecule has 0 bridgehead atoms. The number of nitrogens with zero attached hydrogens (tertiary/aromatic N) is 2. The zero-order chi connectivity index (χ0) is 17.8. The fourth-order valence-electron chi connectivity index (χ4n) is 2.26. The van der Waals surface area contributed by atoms with Crippen LogP contribution in [-0.2, 0) is 0 Å². The van der Waals surface area contributed by atoms with Gasteiger partial charge in [0.25, 0.3) is 5.91 Å². The first kappa shape index (κ1) is 17.1. The van der Waals surface area contributed by atoms with E-state index in [2.05, 4.69) is 56.6 Å². The highest BCUT2D eigenvalue weighted by Crippen LogP contribution is 2.20. The van der Waals surface area contributed by atoms with Gasteiger partial charge in [-0.2, -0.15) is 10.2 Å². The number of carbonyl (C=O) groups excluding carboxylic acids is 1. The molecule has 6 heteroatoms. The van der Waals surface area contributed by atoms with Gasteiger partial charge in [-0.05, 0) is 54.8 Å². The molecule has 0 saturated carbocycles. The third kappa shape index (κ3) is 4.22. The summed E-state index contributed by atoms with van der Waals surface area (Å²) in [4.78, 5) is 12.2. The van der Waals surface area contributed by atoms with E-state index >= 15 is 0 Å². The lowest BCUT2D eigenvalue weighted by atomic mass is 10.0. The van der Waals surface area contributed by atoms with Crippen LogP contribution in [0.25, 0.3) is 11.3 Å². The van der Waals surface area contributed by atoms with Crippen molar-refractivity contribution < 1.29 is 4.79 Å². The maximum absolute atomic E-state index is 12.2. The number of hydrogen-bond donors (Lipinski definition) is 2. The van der Waals surface area contributed by atoms with Gasteiger partial charge in [-0.1, -0.05) is 40.2 Å². The molecule has 3 aromatic rings. The van der Waals surface area contributed by atoms with E-state index < -0.39 is 0 Å². The van der Waals surface area contributed by atoms with Crippen LogP contribution >= 0.6 is 15.9 Å². The van der Waals surface area contributed by atoms with Gasteiger partial charge in [0.2, 0.25) is 0 Å². The quantitative estimate of drug-likeness (QED) is 0.511.